The Labute approximate surface area is 175 Å². The van der Waals surface area contributed by atoms with Gasteiger partial charge in [-0.25, -0.2) is 0 Å². The van der Waals surface area contributed by atoms with Gasteiger partial charge in [0.05, 0.1) is 21.4 Å². The molecule has 29 heavy (non-hydrogen) atoms. The van der Waals surface area contributed by atoms with E-state index in [1.54, 1.807) is 0 Å². The molecular formula is C19H16ClN5O3S. The molecule has 1 aliphatic carbocycles. The summed E-state index contributed by atoms with van der Waals surface area (Å²) in [6, 6.07) is 13.7. The predicted molar refractivity (Wildman–Crippen MR) is 111 cm³/mol. The van der Waals surface area contributed by atoms with Crippen molar-refractivity contribution >= 4 is 40.6 Å². The zero-order chi connectivity index (χ0) is 20.4. The highest BCUT2D eigenvalue weighted by Crippen LogP contribution is 2.41. The molecule has 1 aromatic heterocycles. The van der Waals surface area contributed by atoms with Crippen LogP contribution in [-0.4, -0.2) is 31.3 Å². The van der Waals surface area contributed by atoms with Crippen LogP contribution in [0.4, 0.5) is 11.4 Å². The lowest BCUT2D eigenvalue weighted by molar-refractivity contribution is -0.384. The van der Waals surface area contributed by atoms with Gasteiger partial charge in [0.25, 0.3) is 5.69 Å². The molecule has 0 aliphatic heterocycles. The Balaban J connectivity index is 1.47. The van der Waals surface area contributed by atoms with Gasteiger partial charge in [-0.15, -0.1) is 10.2 Å². The number of nitrogens with one attached hydrogen (secondary N) is 1. The number of hydrogen-bond donors (Lipinski definition) is 1. The second kappa shape index (κ2) is 8.22. The summed E-state index contributed by atoms with van der Waals surface area (Å²) in [4.78, 5) is 22.6. The maximum Gasteiger partial charge on any atom is 0.271 e. The Morgan fingerprint density at radius 3 is 2.66 bits per heavy atom. The number of benzene rings is 2. The average molecular weight is 430 g/mol. The highest BCUT2D eigenvalue weighted by Gasteiger charge is 2.31. The highest BCUT2D eigenvalue weighted by atomic mass is 35.5. The molecule has 10 heteroatoms. The van der Waals surface area contributed by atoms with Crippen molar-refractivity contribution in [3.05, 3.63) is 69.5 Å². The van der Waals surface area contributed by atoms with Gasteiger partial charge in [0.15, 0.2) is 5.16 Å². The Bertz CT molecular complexity index is 1070. The minimum absolute atomic E-state index is 0.100. The number of non-ortho nitro benzene ring substituents is 1. The molecule has 1 saturated carbocycles. The molecule has 3 aromatic rings. The molecule has 0 spiro atoms. The van der Waals surface area contributed by atoms with Crippen LogP contribution in [0.15, 0.2) is 53.7 Å². The SMILES string of the molecule is O=C(CSc1nnc(C2CC2)n1-c1ccccc1)Nc1ccc([N+](=O)[O-])cc1Cl. The minimum Gasteiger partial charge on any atom is -0.324 e. The summed E-state index contributed by atoms with van der Waals surface area (Å²) in [5, 5.41) is 22.8. The van der Waals surface area contributed by atoms with E-state index in [2.05, 4.69) is 15.5 Å². The molecule has 0 atom stereocenters. The zero-order valence-electron chi connectivity index (χ0n) is 15.1. The number of carbonyl (C=O) groups excluding carboxylic acids is 1. The van der Waals surface area contributed by atoms with Gasteiger partial charge in [-0.05, 0) is 31.0 Å². The number of carbonyl (C=O) groups is 1. The minimum atomic E-state index is -0.540. The summed E-state index contributed by atoms with van der Waals surface area (Å²) >= 11 is 7.31. The number of para-hydroxylation sites is 1. The second-order valence-electron chi connectivity index (χ2n) is 6.54. The fraction of sp³-hybridized carbons (Fsp3) is 0.211. The normalized spacial score (nSPS) is 13.3. The van der Waals surface area contributed by atoms with Crippen molar-refractivity contribution in [1.82, 2.24) is 14.8 Å². The second-order valence-corrected chi connectivity index (χ2v) is 7.89. The van der Waals surface area contributed by atoms with Crippen LogP contribution in [0, 0.1) is 10.1 Å². The quantitative estimate of drug-likeness (QED) is 0.338. The number of halogens is 1. The van der Waals surface area contributed by atoms with Gasteiger partial charge < -0.3 is 5.32 Å². The topological polar surface area (TPSA) is 103 Å². The third-order valence-electron chi connectivity index (χ3n) is 4.39. The highest BCUT2D eigenvalue weighted by molar-refractivity contribution is 7.99. The van der Waals surface area contributed by atoms with Gasteiger partial charge in [0.2, 0.25) is 5.91 Å². The lowest BCUT2D eigenvalue weighted by Crippen LogP contribution is -2.15. The van der Waals surface area contributed by atoms with Crippen LogP contribution in [0.1, 0.15) is 24.6 Å². The molecule has 1 N–H and O–H groups in total. The Kier molecular flexibility index (Phi) is 5.50. The predicted octanol–water partition coefficient (Wildman–Crippen LogP) is 4.44. The van der Waals surface area contributed by atoms with E-state index in [1.807, 2.05) is 34.9 Å². The molecule has 1 heterocycles. The van der Waals surface area contributed by atoms with Crippen LogP contribution in [-0.2, 0) is 4.79 Å². The lowest BCUT2D eigenvalue weighted by Gasteiger charge is -2.10. The van der Waals surface area contributed by atoms with Gasteiger partial charge >= 0.3 is 0 Å². The summed E-state index contributed by atoms with van der Waals surface area (Å²) in [7, 11) is 0. The van der Waals surface area contributed by atoms with Crippen molar-refractivity contribution in [2.45, 2.75) is 23.9 Å². The van der Waals surface area contributed by atoms with E-state index in [1.165, 1.54) is 30.0 Å². The Morgan fingerprint density at radius 2 is 2.00 bits per heavy atom. The summed E-state index contributed by atoms with van der Waals surface area (Å²) < 4.78 is 1.99. The van der Waals surface area contributed by atoms with Crippen molar-refractivity contribution < 1.29 is 9.72 Å². The maximum absolute atomic E-state index is 12.4. The molecular weight excluding hydrogens is 414 g/mol. The fourth-order valence-electron chi connectivity index (χ4n) is 2.84. The molecule has 0 unspecified atom stereocenters. The zero-order valence-corrected chi connectivity index (χ0v) is 16.7. The van der Waals surface area contributed by atoms with Gasteiger partial charge in [0, 0.05) is 23.7 Å². The smallest absolute Gasteiger partial charge is 0.271 e. The van der Waals surface area contributed by atoms with Gasteiger partial charge in [-0.2, -0.15) is 0 Å². The van der Waals surface area contributed by atoms with E-state index in [9.17, 15) is 14.9 Å². The number of nitrogens with zero attached hydrogens (tertiary/aromatic N) is 4. The van der Waals surface area contributed by atoms with Crippen LogP contribution in [0.3, 0.4) is 0 Å². The van der Waals surface area contributed by atoms with Crippen LogP contribution in [0.25, 0.3) is 5.69 Å². The van der Waals surface area contributed by atoms with Gasteiger partial charge in [-0.3, -0.25) is 19.5 Å². The Hall–Kier alpha value is -2.91. The lowest BCUT2D eigenvalue weighted by atomic mass is 10.3. The number of aromatic nitrogens is 3. The third kappa shape index (κ3) is 4.41. The van der Waals surface area contributed by atoms with Crippen molar-refractivity contribution in [3.8, 4) is 5.69 Å². The van der Waals surface area contributed by atoms with E-state index in [0.29, 0.717) is 16.8 Å². The standard InChI is InChI=1S/C19H16ClN5O3S/c20-15-10-14(25(27)28)8-9-16(15)21-17(26)11-29-19-23-22-18(12-6-7-12)24(19)13-4-2-1-3-5-13/h1-5,8-10,12H,6-7,11H2,(H,21,26). The number of nitro groups is 1. The molecule has 4 rings (SSSR count). The molecule has 148 valence electrons. The number of amides is 1. The summed E-state index contributed by atoms with van der Waals surface area (Å²) in [5.41, 5.74) is 1.15. The van der Waals surface area contributed by atoms with Crippen molar-refractivity contribution in [3.63, 3.8) is 0 Å². The Morgan fingerprint density at radius 1 is 1.24 bits per heavy atom. The van der Waals surface area contributed by atoms with Gasteiger partial charge in [-0.1, -0.05) is 41.6 Å². The third-order valence-corrected chi connectivity index (χ3v) is 5.63. The van der Waals surface area contributed by atoms with Crippen LogP contribution < -0.4 is 5.32 Å². The molecule has 2 aromatic carbocycles. The molecule has 0 radical (unpaired) electrons. The average Bonchev–Trinajstić information content (AvgIpc) is 3.47. The van der Waals surface area contributed by atoms with E-state index >= 15 is 0 Å². The number of hydrogen-bond acceptors (Lipinski definition) is 6. The van der Waals surface area contributed by atoms with Gasteiger partial charge in [0.1, 0.15) is 5.82 Å². The monoisotopic (exact) mass is 429 g/mol. The first kappa shape index (κ1) is 19.4. The van der Waals surface area contributed by atoms with Crippen LogP contribution in [0.5, 0.6) is 0 Å². The number of anilines is 1. The van der Waals surface area contributed by atoms with E-state index < -0.39 is 4.92 Å². The summed E-state index contributed by atoms with van der Waals surface area (Å²) in [5.74, 6) is 1.13. The van der Waals surface area contributed by atoms with Crippen molar-refractivity contribution in [1.29, 1.82) is 0 Å². The van der Waals surface area contributed by atoms with Crippen LogP contribution >= 0.6 is 23.4 Å². The van der Waals surface area contributed by atoms with E-state index in [-0.39, 0.29) is 22.4 Å². The van der Waals surface area contributed by atoms with Crippen molar-refractivity contribution in [2.24, 2.45) is 0 Å². The first-order valence-corrected chi connectivity index (χ1v) is 10.3. The fourth-order valence-corrected chi connectivity index (χ4v) is 3.82. The molecule has 1 amide bonds. The molecule has 1 aliphatic rings. The number of rotatable bonds is 7. The first-order chi connectivity index (χ1) is 14.0. The maximum atomic E-state index is 12.4. The molecule has 0 bridgehead atoms. The molecule has 8 nitrogen and oxygen atoms in total. The molecule has 1 fully saturated rings. The van der Waals surface area contributed by atoms with E-state index in [4.69, 9.17) is 11.6 Å². The summed E-state index contributed by atoms with van der Waals surface area (Å²) in [6.45, 7) is 0. The van der Waals surface area contributed by atoms with Crippen LogP contribution in [0.2, 0.25) is 5.02 Å². The largest absolute Gasteiger partial charge is 0.324 e. The van der Waals surface area contributed by atoms with Crippen molar-refractivity contribution in [2.75, 3.05) is 11.1 Å². The number of thioether (sulfide) groups is 1. The molecule has 0 saturated heterocycles. The first-order valence-electron chi connectivity index (χ1n) is 8.90. The number of nitro benzene ring substituents is 1. The van der Waals surface area contributed by atoms with E-state index in [0.717, 1.165) is 24.4 Å². The summed E-state index contributed by atoms with van der Waals surface area (Å²) in [6.07, 6.45) is 2.18.